The van der Waals surface area contributed by atoms with Crippen molar-refractivity contribution in [3.8, 4) is 0 Å². The summed E-state index contributed by atoms with van der Waals surface area (Å²) in [6.45, 7) is -4.27. The maximum Gasteiger partial charge on any atom is 0.738 e. The third-order valence-corrected chi connectivity index (χ3v) is 5.67. The van der Waals surface area contributed by atoms with Gasteiger partial charge in [-0.2, -0.15) is 13.2 Å². The van der Waals surface area contributed by atoms with Gasteiger partial charge >= 0.3 is 13.1 Å². The van der Waals surface area contributed by atoms with Crippen LogP contribution in [-0.4, -0.2) is 20.6 Å². The number of aromatic nitrogens is 1. The van der Waals surface area contributed by atoms with Gasteiger partial charge in [-0.15, -0.1) is 0 Å². The third-order valence-electron chi connectivity index (χ3n) is 4.37. The molecule has 0 atom stereocenters. The zero-order chi connectivity index (χ0) is 18.9. The van der Waals surface area contributed by atoms with E-state index < -0.39 is 18.7 Å². The molecule has 0 radical (unpaired) electrons. The summed E-state index contributed by atoms with van der Waals surface area (Å²) in [7, 11) is 0. The van der Waals surface area contributed by atoms with E-state index in [1.807, 2.05) is 0 Å². The van der Waals surface area contributed by atoms with Crippen LogP contribution in [0, 0.1) is 0 Å². The van der Waals surface area contributed by atoms with Crippen molar-refractivity contribution < 1.29 is 26.3 Å². The van der Waals surface area contributed by atoms with E-state index in [9.17, 15) is 13.2 Å². The Kier molecular flexibility index (Phi) is 3.86. The molecule has 0 aliphatic carbocycles. The second-order valence-electron chi connectivity index (χ2n) is 5.83. The van der Waals surface area contributed by atoms with Crippen molar-refractivity contribution in [1.29, 1.82) is 0 Å². The molecule has 2 aliphatic heterocycles. The van der Waals surface area contributed by atoms with Gasteiger partial charge in [0.1, 0.15) is 0 Å². The Balaban J connectivity index is 2.13. The summed E-state index contributed by atoms with van der Waals surface area (Å²) >= 11 is 6.17. The fraction of sp³-hybridized carbons (Fsp3) is 0.0625. The Morgan fingerprint density at radius 3 is 2.35 bits per heavy atom. The second kappa shape index (κ2) is 5.66. The monoisotopic (exact) mass is 492 g/mol. The highest BCUT2D eigenvalue weighted by Gasteiger charge is 2.54. The molecule has 0 N–H and O–H groups in total. The molecule has 3 heterocycles. The minimum Gasteiger partial charge on any atom is -0.389 e. The van der Waals surface area contributed by atoms with Crippen molar-refractivity contribution in [2.75, 3.05) is 0 Å². The summed E-state index contributed by atoms with van der Waals surface area (Å²) in [5, 5.41) is 0. The lowest BCUT2D eigenvalue weighted by molar-refractivity contribution is -0.358. The standard InChI is InChI=1S/C16H8BBr2F5N2/c18-13-7-5-11-15(9-3-1-2-4-10(9)16(20,21)22)12-6-8-14(19)26(12)17(23,24)25(11)13/h1-8H. The minimum absolute atomic E-state index is 0.0247. The number of allylic oxidation sites excluding steroid dienone is 2. The Labute approximate surface area is 161 Å². The van der Waals surface area contributed by atoms with Crippen LogP contribution >= 0.6 is 31.9 Å². The van der Waals surface area contributed by atoms with Crippen LogP contribution in [0.1, 0.15) is 16.8 Å². The van der Waals surface area contributed by atoms with E-state index in [1.54, 1.807) is 0 Å². The molecule has 26 heavy (non-hydrogen) atoms. The van der Waals surface area contributed by atoms with Crippen molar-refractivity contribution in [1.82, 2.24) is 4.48 Å². The Morgan fingerprint density at radius 2 is 1.65 bits per heavy atom. The summed E-state index contributed by atoms with van der Waals surface area (Å²) < 4.78 is 72.4. The summed E-state index contributed by atoms with van der Waals surface area (Å²) in [5.74, 6) is 0. The molecule has 2 aromatic rings. The minimum atomic E-state index is -4.61. The number of rotatable bonds is 1. The van der Waals surface area contributed by atoms with Crippen LogP contribution in [0.2, 0.25) is 0 Å². The lowest BCUT2D eigenvalue weighted by atomic mass is 9.85. The molecular weight excluding hydrogens is 486 g/mol. The molecule has 10 heteroatoms. The zero-order valence-electron chi connectivity index (χ0n) is 12.7. The van der Waals surface area contributed by atoms with E-state index in [0.29, 0.717) is 0 Å². The zero-order valence-corrected chi connectivity index (χ0v) is 15.9. The van der Waals surface area contributed by atoms with Crippen molar-refractivity contribution in [3.63, 3.8) is 0 Å². The normalized spacial score (nSPS) is 18.4. The summed E-state index contributed by atoms with van der Waals surface area (Å²) in [6.07, 6.45) is -1.81. The molecule has 1 aromatic carbocycles. The Morgan fingerprint density at radius 1 is 0.962 bits per heavy atom. The van der Waals surface area contributed by atoms with Crippen LogP contribution in [0.3, 0.4) is 0 Å². The maximum absolute atomic E-state index is 15.1. The fourth-order valence-electron chi connectivity index (χ4n) is 3.36. The van der Waals surface area contributed by atoms with E-state index in [0.717, 1.165) is 15.0 Å². The van der Waals surface area contributed by atoms with Gasteiger partial charge in [-0.25, -0.2) is 0 Å². The maximum atomic E-state index is 15.1. The molecule has 0 amide bonds. The summed E-state index contributed by atoms with van der Waals surface area (Å²) in [4.78, 5) is 0. The molecule has 1 aromatic heterocycles. The topological polar surface area (TPSA) is 7.94 Å². The number of alkyl halides is 3. The quantitative estimate of drug-likeness (QED) is 0.359. The van der Waals surface area contributed by atoms with Gasteiger partial charge in [0.05, 0.1) is 15.7 Å². The van der Waals surface area contributed by atoms with Crippen LogP contribution < -0.4 is 0 Å². The van der Waals surface area contributed by atoms with Crippen LogP contribution in [0.25, 0.3) is 5.57 Å². The molecule has 0 unspecified atom stereocenters. The predicted octanol–water partition coefficient (Wildman–Crippen LogP) is 5.64. The molecule has 0 bridgehead atoms. The first kappa shape index (κ1) is 17.7. The average Bonchev–Trinajstić information content (AvgIpc) is 3.12. The number of nitrogens with zero attached hydrogens (tertiary/aromatic N) is 2. The van der Waals surface area contributed by atoms with Gasteiger partial charge in [0.2, 0.25) is 4.62 Å². The molecule has 0 spiro atoms. The summed E-state index contributed by atoms with van der Waals surface area (Å²) in [6, 6.07) is 7.78. The largest absolute Gasteiger partial charge is 0.738 e. The smallest absolute Gasteiger partial charge is 0.389 e. The lowest BCUT2D eigenvalue weighted by Crippen LogP contribution is -2.50. The molecular formula is C16H8BBr2F5N2. The number of hydrogen-bond acceptors (Lipinski definition) is 0. The van der Waals surface area contributed by atoms with Gasteiger partial charge in [0.15, 0.2) is 5.70 Å². The van der Waals surface area contributed by atoms with E-state index >= 15 is 8.63 Å². The van der Waals surface area contributed by atoms with Gasteiger partial charge in [-0.3, -0.25) is 0 Å². The first-order valence-electron chi connectivity index (χ1n) is 7.44. The van der Waals surface area contributed by atoms with Crippen molar-refractivity contribution in [2.45, 2.75) is 6.18 Å². The van der Waals surface area contributed by atoms with Crippen molar-refractivity contribution >= 4 is 49.0 Å². The van der Waals surface area contributed by atoms with Crippen LogP contribution in [0.4, 0.5) is 21.8 Å². The Bertz CT molecular complexity index is 1030. The SMILES string of the molecule is F[B-]1(F)n2c(Br)ccc2C(c2ccccc2C(F)(F)F)=C2C=CC(Br)=[N+]21. The van der Waals surface area contributed by atoms with Crippen LogP contribution in [-0.2, 0) is 6.18 Å². The Hall–Kier alpha value is -1.68. The van der Waals surface area contributed by atoms with Gasteiger partial charge < -0.3 is 17.6 Å². The van der Waals surface area contributed by atoms with E-state index in [2.05, 4.69) is 31.9 Å². The lowest BCUT2D eigenvalue weighted by Gasteiger charge is -2.32. The third kappa shape index (κ3) is 2.38. The molecule has 134 valence electrons. The molecule has 2 aliphatic rings. The molecule has 4 rings (SSSR count). The van der Waals surface area contributed by atoms with Crippen molar-refractivity contribution in [2.24, 2.45) is 0 Å². The first-order valence-corrected chi connectivity index (χ1v) is 9.03. The van der Waals surface area contributed by atoms with Gasteiger partial charge in [0, 0.05) is 39.3 Å². The highest BCUT2D eigenvalue weighted by Crippen LogP contribution is 2.45. The molecule has 2 nitrogen and oxygen atoms in total. The highest BCUT2D eigenvalue weighted by molar-refractivity contribution is 9.18. The summed E-state index contributed by atoms with van der Waals surface area (Å²) in [5.41, 5.74) is -0.874. The van der Waals surface area contributed by atoms with Crippen LogP contribution in [0.5, 0.6) is 0 Å². The first-order chi connectivity index (χ1) is 12.1. The van der Waals surface area contributed by atoms with Crippen LogP contribution in [0.15, 0.2) is 58.9 Å². The number of hydrogen-bond donors (Lipinski definition) is 0. The number of fused-ring (bicyclic) bond motifs is 2. The number of halogens is 7. The van der Waals surface area contributed by atoms with Crippen molar-refractivity contribution in [3.05, 3.63) is 75.7 Å². The van der Waals surface area contributed by atoms with E-state index in [1.165, 1.54) is 42.5 Å². The molecule has 0 saturated carbocycles. The van der Waals surface area contributed by atoms with Gasteiger partial charge in [-0.1, -0.05) is 18.2 Å². The predicted molar refractivity (Wildman–Crippen MR) is 96.3 cm³/mol. The van der Waals surface area contributed by atoms with Gasteiger partial charge in [-0.05, 0) is 34.1 Å². The van der Waals surface area contributed by atoms with E-state index in [-0.39, 0.29) is 31.8 Å². The molecule has 0 saturated heterocycles. The second-order valence-corrected chi connectivity index (χ2v) is 7.45. The fourth-order valence-corrected chi connectivity index (χ4v) is 4.50. The van der Waals surface area contributed by atoms with Gasteiger partial charge in [0.25, 0.3) is 0 Å². The van der Waals surface area contributed by atoms with E-state index in [4.69, 9.17) is 0 Å². The average molecular weight is 494 g/mol. The molecule has 0 fully saturated rings. The highest BCUT2D eigenvalue weighted by atomic mass is 79.9. The number of benzene rings is 1.